The number of aryl methyl sites for hydroxylation is 1. The van der Waals surface area contributed by atoms with Crippen LogP contribution in [0.4, 0.5) is 14.5 Å². The molecule has 214 valence electrons. The Hall–Kier alpha value is -4.29. The third-order valence-corrected chi connectivity index (χ3v) is 6.95. The van der Waals surface area contributed by atoms with Crippen LogP contribution in [0, 0.1) is 0 Å². The van der Waals surface area contributed by atoms with Crippen LogP contribution in [0.3, 0.4) is 0 Å². The molecule has 1 amide bonds. The number of rotatable bonds is 9. The third-order valence-electron chi connectivity index (χ3n) is 6.71. The predicted octanol–water partition coefficient (Wildman–Crippen LogP) is 5.06. The van der Waals surface area contributed by atoms with Crippen molar-refractivity contribution in [2.45, 2.75) is 38.5 Å². The molecule has 41 heavy (non-hydrogen) atoms. The fourth-order valence-corrected chi connectivity index (χ4v) is 4.99. The molecule has 2 aromatic carbocycles. The van der Waals surface area contributed by atoms with E-state index >= 15 is 0 Å². The molecule has 2 N–H and O–H groups in total. The van der Waals surface area contributed by atoms with Gasteiger partial charge in [-0.1, -0.05) is 30.2 Å². The van der Waals surface area contributed by atoms with Gasteiger partial charge in [0.2, 0.25) is 5.91 Å². The van der Waals surface area contributed by atoms with E-state index in [4.69, 9.17) is 16.3 Å². The van der Waals surface area contributed by atoms with Gasteiger partial charge < -0.3 is 20.1 Å². The first kappa shape index (κ1) is 28.2. The number of benzene rings is 2. The molecule has 2 aromatic heterocycles. The summed E-state index contributed by atoms with van der Waals surface area (Å²) in [6.07, 6.45) is 3.21. The average molecular weight is 584 g/mol. The maximum Gasteiger partial charge on any atom is 0.283 e. The number of nitrogens with zero attached hydrogens (tertiary/aromatic N) is 6. The molecular formula is C28H28ClF2N7O3. The van der Waals surface area contributed by atoms with Gasteiger partial charge in [0.25, 0.3) is 6.43 Å². The van der Waals surface area contributed by atoms with Gasteiger partial charge in [-0.3, -0.25) is 9.48 Å². The number of amides is 1. The summed E-state index contributed by atoms with van der Waals surface area (Å²) in [6, 6.07) is 9.54. The number of aliphatic hydroxyl groups is 1. The van der Waals surface area contributed by atoms with E-state index in [2.05, 4.69) is 20.7 Å². The number of aromatic nitrogens is 5. The highest BCUT2D eigenvalue weighted by atomic mass is 35.5. The number of aliphatic hydroxyl groups excluding tert-OH is 1. The van der Waals surface area contributed by atoms with Crippen LogP contribution in [0.25, 0.3) is 22.2 Å². The van der Waals surface area contributed by atoms with E-state index in [0.717, 1.165) is 17.1 Å². The number of hydrogen-bond donors (Lipinski definition) is 2. The minimum Gasteiger partial charge on any atom is -0.495 e. The van der Waals surface area contributed by atoms with Gasteiger partial charge in [-0.25, -0.2) is 13.5 Å². The van der Waals surface area contributed by atoms with Gasteiger partial charge in [-0.15, -0.1) is 5.10 Å². The van der Waals surface area contributed by atoms with E-state index in [1.165, 1.54) is 22.8 Å². The Morgan fingerprint density at radius 1 is 1.22 bits per heavy atom. The molecule has 0 spiro atoms. The zero-order valence-corrected chi connectivity index (χ0v) is 23.3. The zero-order chi connectivity index (χ0) is 29.3. The number of nitrogens with one attached hydrogen (secondary N) is 1. The lowest BCUT2D eigenvalue weighted by Crippen LogP contribution is -2.47. The van der Waals surface area contributed by atoms with Crippen molar-refractivity contribution in [3.05, 3.63) is 83.1 Å². The van der Waals surface area contributed by atoms with Crippen molar-refractivity contribution in [1.82, 2.24) is 29.7 Å². The van der Waals surface area contributed by atoms with E-state index in [9.17, 15) is 18.7 Å². The Balaban J connectivity index is 1.46. The molecule has 5 rings (SSSR count). The standard InChI is InChI=1S/C28H28ClF2N7O3/c1-4-5-24(28(40)32-18-7-8-21-16(10-18)13-36(2)34-21)37-15-25(41-3)20(12-26(37)39)19-11-17(29)6-9-23(19)38-14-22(27(30)31)33-35-38/h6-15,24,26-27,39H,4-5H2,1-3H3,(H,32,40). The van der Waals surface area contributed by atoms with Crippen molar-refractivity contribution in [2.24, 2.45) is 7.05 Å². The molecule has 0 saturated carbocycles. The summed E-state index contributed by atoms with van der Waals surface area (Å²) < 4.78 is 35.0. The molecule has 10 nitrogen and oxygen atoms in total. The Kier molecular flexibility index (Phi) is 8.04. The first-order chi connectivity index (χ1) is 19.7. The second kappa shape index (κ2) is 11.7. The number of hydrogen-bond acceptors (Lipinski definition) is 7. The lowest BCUT2D eigenvalue weighted by molar-refractivity contribution is -0.123. The maximum absolute atomic E-state index is 13.5. The minimum absolute atomic E-state index is 0.303. The van der Waals surface area contributed by atoms with Crippen LogP contribution in [0.15, 0.2) is 66.8 Å². The number of allylic oxidation sites excluding steroid dienone is 1. The summed E-state index contributed by atoms with van der Waals surface area (Å²) in [5.74, 6) is 0.0296. The van der Waals surface area contributed by atoms with Crippen LogP contribution in [0.1, 0.15) is 37.4 Å². The van der Waals surface area contributed by atoms with Crippen molar-refractivity contribution >= 4 is 39.7 Å². The highest BCUT2D eigenvalue weighted by molar-refractivity contribution is 6.30. The number of anilines is 1. The molecule has 0 radical (unpaired) electrons. The summed E-state index contributed by atoms with van der Waals surface area (Å²) in [5.41, 5.74) is 2.25. The highest BCUT2D eigenvalue weighted by Gasteiger charge is 2.32. The first-order valence-electron chi connectivity index (χ1n) is 12.9. The number of methoxy groups -OCH3 is 1. The number of carbonyl (C=O) groups is 1. The fourth-order valence-electron chi connectivity index (χ4n) is 4.82. The molecule has 0 fully saturated rings. The average Bonchev–Trinajstić information content (AvgIpc) is 3.58. The smallest absolute Gasteiger partial charge is 0.283 e. The number of halogens is 3. The molecule has 0 saturated heterocycles. The van der Waals surface area contributed by atoms with E-state index in [1.54, 1.807) is 35.1 Å². The lowest BCUT2D eigenvalue weighted by atomic mass is 9.97. The van der Waals surface area contributed by atoms with Crippen LogP contribution < -0.4 is 5.32 Å². The van der Waals surface area contributed by atoms with Gasteiger partial charge in [0, 0.05) is 46.7 Å². The van der Waals surface area contributed by atoms with Gasteiger partial charge in [0.15, 0.2) is 0 Å². The molecule has 13 heteroatoms. The minimum atomic E-state index is -2.79. The van der Waals surface area contributed by atoms with Crippen LogP contribution in [0.2, 0.25) is 5.02 Å². The maximum atomic E-state index is 13.5. The van der Waals surface area contributed by atoms with Gasteiger partial charge in [0.05, 0.1) is 24.5 Å². The fraction of sp³-hybridized carbons (Fsp3) is 0.286. The number of fused-ring (bicyclic) bond motifs is 1. The van der Waals surface area contributed by atoms with E-state index in [-0.39, 0.29) is 5.91 Å². The van der Waals surface area contributed by atoms with Crippen molar-refractivity contribution in [3.8, 4) is 5.69 Å². The largest absolute Gasteiger partial charge is 0.495 e. The monoisotopic (exact) mass is 583 g/mol. The van der Waals surface area contributed by atoms with Gasteiger partial charge in [-0.05, 0) is 48.9 Å². The first-order valence-corrected chi connectivity index (χ1v) is 13.2. The topological polar surface area (TPSA) is 110 Å². The normalized spacial score (nSPS) is 16.1. The predicted molar refractivity (Wildman–Crippen MR) is 150 cm³/mol. The zero-order valence-electron chi connectivity index (χ0n) is 22.5. The third kappa shape index (κ3) is 5.79. The summed E-state index contributed by atoms with van der Waals surface area (Å²) >= 11 is 6.30. The van der Waals surface area contributed by atoms with Crippen LogP contribution in [-0.2, 0) is 16.6 Å². The summed E-state index contributed by atoms with van der Waals surface area (Å²) in [4.78, 5) is 15.0. The quantitative estimate of drug-likeness (QED) is 0.283. The Labute approximate surface area is 239 Å². The van der Waals surface area contributed by atoms with E-state index in [1.807, 2.05) is 32.3 Å². The number of carbonyl (C=O) groups excluding carboxylic acids is 1. The highest BCUT2D eigenvalue weighted by Crippen LogP contribution is 2.36. The molecule has 2 atom stereocenters. The van der Waals surface area contributed by atoms with Gasteiger partial charge in [0.1, 0.15) is 23.7 Å². The Morgan fingerprint density at radius 2 is 2.02 bits per heavy atom. The second-order valence-electron chi connectivity index (χ2n) is 9.56. The van der Waals surface area contributed by atoms with Crippen molar-refractivity contribution in [2.75, 3.05) is 12.4 Å². The molecule has 1 aliphatic heterocycles. The Bertz CT molecular complexity index is 1650. The van der Waals surface area contributed by atoms with E-state index < -0.39 is 24.4 Å². The summed E-state index contributed by atoms with van der Waals surface area (Å²) in [5, 5.41) is 27.2. The van der Waals surface area contributed by atoms with Gasteiger partial charge >= 0.3 is 0 Å². The van der Waals surface area contributed by atoms with Gasteiger partial charge in [-0.2, -0.15) is 5.10 Å². The molecular weight excluding hydrogens is 556 g/mol. The molecule has 0 bridgehead atoms. The number of ether oxygens (including phenoxy) is 1. The van der Waals surface area contributed by atoms with Crippen LogP contribution >= 0.6 is 11.6 Å². The van der Waals surface area contributed by atoms with Crippen molar-refractivity contribution in [3.63, 3.8) is 0 Å². The molecule has 0 aliphatic carbocycles. The molecule has 3 heterocycles. The molecule has 2 unspecified atom stereocenters. The SMILES string of the molecule is CCCC(C(=O)Nc1ccc2nn(C)cc2c1)N1C=C(OC)C(c2cc(Cl)ccc2-n2cc(C(F)F)nn2)=CC1O. The lowest BCUT2D eigenvalue weighted by Gasteiger charge is -2.36. The number of alkyl halides is 2. The molecule has 1 aliphatic rings. The van der Waals surface area contributed by atoms with Crippen molar-refractivity contribution < 1.29 is 23.4 Å². The van der Waals surface area contributed by atoms with Crippen molar-refractivity contribution in [1.29, 1.82) is 0 Å². The Morgan fingerprint density at radius 3 is 2.73 bits per heavy atom. The summed E-state index contributed by atoms with van der Waals surface area (Å²) in [7, 11) is 3.29. The molecule has 4 aromatic rings. The van der Waals surface area contributed by atoms with E-state index in [0.29, 0.717) is 46.1 Å². The van der Waals surface area contributed by atoms with Crippen LogP contribution in [0.5, 0.6) is 0 Å². The van der Waals surface area contributed by atoms with Crippen LogP contribution in [-0.4, -0.2) is 60.1 Å². The second-order valence-corrected chi connectivity index (χ2v) is 10.00. The summed E-state index contributed by atoms with van der Waals surface area (Å²) in [6.45, 7) is 1.95.